The third-order valence-corrected chi connectivity index (χ3v) is 5.51. The number of nitrogens with one attached hydrogen (secondary N) is 1. The van der Waals surface area contributed by atoms with Crippen LogP contribution in [0.4, 0.5) is 11.4 Å². The standard InChI is InChI=1S/C22H20Cl2N2O6/c1-2-31-21(29)13-6-8-15(9-7-13)25-18(27)12-32-22(30)14-10-19(28)26(11-14)17-5-3-4-16(23)20(17)24/h3-9,14H,2,10-12H2,1H3,(H,25,27)/t14-/m0/s1. The number of carbonyl (C=O) groups is 4. The lowest BCUT2D eigenvalue weighted by Gasteiger charge is -2.18. The molecular formula is C22H20Cl2N2O6. The van der Waals surface area contributed by atoms with E-state index in [4.69, 9.17) is 32.7 Å². The molecule has 0 bridgehead atoms. The van der Waals surface area contributed by atoms with Gasteiger partial charge in [0, 0.05) is 18.7 Å². The van der Waals surface area contributed by atoms with Crippen molar-refractivity contribution in [3.63, 3.8) is 0 Å². The maximum atomic E-state index is 12.4. The van der Waals surface area contributed by atoms with Gasteiger partial charge in [0.05, 0.1) is 33.8 Å². The lowest BCUT2D eigenvalue weighted by molar-refractivity contribution is -0.151. The van der Waals surface area contributed by atoms with Crippen molar-refractivity contribution in [2.45, 2.75) is 13.3 Å². The van der Waals surface area contributed by atoms with Crippen molar-refractivity contribution in [2.24, 2.45) is 5.92 Å². The summed E-state index contributed by atoms with van der Waals surface area (Å²) in [6.45, 7) is 1.54. The van der Waals surface area contributed by atoms with Gasteiger partial charge in [0.2, 0.25) is 5.91 Å². The average molecular weight is 479 g/mol. The van der Waals surface area contributed by atoms with Crippen LogP contribution in [0.2, 0.25) is 10.0 Å². The Kier molecular flexibility index (Phi) is 7.71. The predicted molar refractivity (Wildman–Crippen MR) is 119 cm³/mol. The zero-order valence-corrected chi connectivity index (χ0v) is 18.6. The van der Waals surface area contributed by atoms with Gasteiger partial charge >= 0.3 is 11.9 Å². The minimum Gasteiger partial charge on any atom is -0.462 e. The van der Waals surface area contributed by atoms with Crippen LogP contribution in [0, 0.1) is 5.92 Å². The van der Waals surface area contributed by atoms with E-state index in [1.54, 1.807) is 25.1 Å². The van der Waals surface area contributed by atoms with Crippen LogP contribution in [0.1, 0.15) is 23.7 Å². The normalized spacial score (nSPS) is 15.4. The highest BCUT2D eigenvalue weighted by molar-refractivity contribution is 6.44. The van der Waals surface area contributed by atoms with Gasteiger partial charge in [0.15, 0.2) is 6.61 Å². The average Bonchev–Trinajstić information content (AvgIpc) is 3.16. The van der Waals surface area contributed by atoms with Gasteiger partial charge < -0.3 is 19.7 Å². The number of ether oxygens (including phenoxy) is 2. The van der Waals surface area contributed by atoms with Gasteiger partial charge in [-0.1, -0.05) is 29.3 Å². The molecule has 0 radical (unpaired) electrons. The van der Waals surface area contributed by atoms with Crippen LogP contribution in [0.5, 0.6) is 0 Å². The Morgan fingerprint density at radius 3 is 2.50 bits per heavy atom. The molecular weight excluding hydrogens is 459 g/mol. The van der Waals surface area contributed by atoms with Crippen molar-refractivity contribution >= 4 is 58.3 Å². The number of rotatable bonds is 7. The Labute approximate surface area is 194 Å². The number of hydrogen-bond acceptors (Lipinski definition) is 6. The third-order valence-electron chi connectivity index (χ3n) is 4.71. The maximum absolute atomic E-state index is 12.4. The second kappa shape index (κ2) is 10.5. The van der Waals surface area contributed by atoms with E-state index in [0.29, 0.717) is 22.0 Å². The topological polar surface area (TPSA) is 102 Å². The highest BCUT2D eigenvalue weighted by Crippen LogP contribution is 2.35. The van der Waals surface area contributed by atoms with E-state index in [1.807, 2.05) is 0 Å². The van der Waals surface area contributed by atoms with Crippen molar-refractivity contribution in [2.75, 3.05) is 30.0 Å². The van der Waals surface area contributed by atoms with Crippen LogP contribution in [0.3, 0.4) is 0 Å². The van der Waals surface area contributed by atoms with Crippen LogP contribution < -0.4 is 10.2 Å². The van der Waals surface area contributed by atoms with Crippen LogP contribution in [-0.4, -0.2) is 43.5 Å². The Hall–Kier alpha value is -3.10. The van der Waals surface area contributed by atoms with E-state index in [1.165, 1.54) is 29.2 Å². The molecule has 0 aromatic heterocycles. The monoisotopic (exact) mass is 478 g/mol. The van der Waals surface area contributed by atoms with E-state index in [0.717, 1.165) is 0 Å². The zero-order valence-electron chi connectivity index (χ0n) is 17.1. The lowest BCUT2D eigenvalue weighted by atomic mass is 10.1. The summed E-state index contributed by atoms with van der Waals surface area (Å²) >= 11 is 12.2. The first-order valence-electron chi connectivity index (χ1n) is 9.78. The highest BCUT2D eigenvalue weighted by Gasteiger charge is 2.37. The molecule has 1 heterocycles. The molecule has 32 heavy (non-hydrogen) atoms. The molecule has 168 valence electrons. The largest absolute Gasteiger partial charge is 0.462 e. The van der Waals surface area contributed by atoms with Crippen molar-refractivity contribution in [1.29, 1.82) is 0 Å². The van der Waals surface area contributed by atoms with E-state index >= 15 is 0 Å². The molecule has 1 saturated heterocycles. The molecule has 1 aliphatic heterocycles. The summed E-state index contributed by atoms with van der Waals surface area (Å²) in [6, 6.07) is 11.0. The van der Waals surface area contributed by atoms with E-state index in [9.17, 15) is 19.2 Å². The molecule has 1 atom stereocenters. The second-order valence-electron chi connectivity index (χ2n) is 6.93. The number of amides is 2. The Morgan fingerprint density at radius 2 is 1.81 bits per heavy atom. The number of nitrogens with zero attached hydrogens (tertiary/aromatic N) is 1. The van der Waals surface area contributed by atoms with Gasteiger partial charge in [-0.25, -0.2) is 4.79 Å². The lowest BCUT2D eigenvalue weighted by Crippen LogP contribution is -2.28. The molecule has 10 heteroatoms. The van der Waals surface area contributed by atoms with Crippen molar-refractivity contribution in [1.82, 2.24) is 0 Å². The molecule has 1 aliphatic rings. The number of carbonyl (C=O) groups excluding carboxylic acids is 4. The molecule has 3 rings (SSSR count). The van der Waals surface area contributed by atoms with Gasteiger partial charge in [0.1, 0.15) is 0 Å². The van der Waals surface area contributed by atoms with E-state index in [2.05, 4.69) is 5.32 Å². The Balaban J connectivity index is 1.51. The predicted octanol–water partition coefficient (Wildman–Crippen LogP) is 3.70. The fraction of sp³-hybridized carbons (Fsp3) is 0.273. The second-order valence-corrected chi connectivity index (χ2v) is 7.72. The molecule has 0 saturated carbocycles. The maximum Gasteiger partial charge on any atom is 0.338 e. The molecule has 8 nitrogen and oxygen atoms in total. The summed E-state index contributed by atoms with van der Waals surface area (Å²) in [6.07, 6.45) is -0.0569. The fourth-order valence-corrected chi connectivity index (χ4v) is 3.55. The van der Waals surface area contributed by atoms with Gasteiger partial charge in [-0.3, -0.25) is 14.4 Å². The van der Waals surface area contributed by atoms with Crippen molar-refractivity contribution < 1.29 is 28.7 Å². The van der Waals surface area contributed by atoms with Crippen molar-refractivity contribution in [3.8, 4) is 0 Å². The molecule has 1 N–H and O–H groups in total. The molecule has 0 aliphatic carbocycles. The summed E-state index contributed by atoms with van der Waals surface area (Å²) in [4.78, 5) is 49.8. The zero-order chi connectivity index (χ0) is 23.3. The number of esters is 2. The Bertz CT molecular complexity index is 1040. The Morgan fingerprint density at radius 1 is 1.09 bits per heavy atom. The summed E-state index contributed by atoms with van der Waals surface area (Å²) in [5, 5.41) is 3.09. The van der Waals surface area contributed by atoms with Gasteiger partial charge in [0.25, 0.3) is 5.91 Å². The fourth-order valence-electron chi connectivity index (χ4n) is 3.15. The smallest absolute Gasteiger partial charge is 0.338 e. The van der Waals surface area contributed by atoms with E-state index in [-0.39, 0.29) is 30.5 Å². The van der Waals surface area contributed by atoms with Crippen molar-refractivity contribution in [3.05, 3.63) is 58.1 Å². The van der Waals surface area contributed by atoms with Gasteiger partial charge in [-0.15, -0.1) is 0 Å². The molecule has 1 fully saturated rings. The SMILES string of the molecule is CCOC(=O)c1ccc(NC(=O)COC(=O)[C@H]2CC(=O)N(c3cccc(Cl)c3Cl)C2)cc1. The third kappa shape index (κ3) is 5.57. The summed E-state index contributed by atoms with van der Waals surface area (Å²) in [5.74, 6) is -2.69. The molecule has 0 spiro atoms. The number of benzene rings is 2. The summed E-state index contributed by atoms with van der Waals surface area (Å²) < 4.78 is 9.97. The first kappa shape index (κ1) is 23.6. The first-order chi connectivity index (χ1) is 15.3. The van der Waals surface area contributed by atoms with E-state index < -0.39 is 30.4 Å². The minimum atomic E-state index is -0.728. The van der Waals surface area contributed by atoms with Gasteiger partial charge in [-0.05, 0) is 43.3 Å². The molecule has 2 amide bonds. The number of halogens is 2. The van der Waals surface area contributed by atoms with Crippen LogP contribution in [0.15, 0.2) is 42.5 Å². The first-order valence-corrected chi connectivity index (χ1v) is 10.5. The summed E-state index contributed by atoms with van der Waals surface area (Å²) in [5.41, 5.74) is 1.20. The molecule has 2 aromatic rings. The quantitative estimate of drug-likeness (QED) is 0.608. The van der Waals surface area contributed by atoms with Crippen LogP contribution in [-0.2, 0) is 23.9 Å². The summed E-state index contributed by atoms with van der Waals surface area (Å²) in [7, 11) is 0. The molecule has 0 unspecified atom stereocenters. The van der Waals surface area contributed by atoms with Crippen LogP contribution >= 0.6 is 23.2 Å². The number of hydrogen-bond donors (Lipinski definition) is 1. The highest BCUT2D eigenvalue weighted by atomic mass is 35.5. The van der Waals surface area contributed by atoms with Crippen LogP contribution in [0.25, 0.3) is 0 Å². The number of anilines is 2. The van der Waals surface area contributed by atoms with Gasteiger partial charge in [-0.2, -0.15) is 0 Å². The minimum absolute atomic E-state index is 0.0569. The molecule has 2 aromatic carbocycles.